The number of aromatic amines is 1. The molecular weight excluding hydrogens is 256 g/mol. The average Bonchev–Trinajstić information content (AvgIpc) is 2.80. The van der Waals surface area contributed by atoms with E-state index in [4.69, 9.17) is 5.73 Å². The number of hydrogen-bond acceptors (Lipinski definition) is 3. The Bertz CT molecular complexity index is 521. The van der Waals surface area contributed by atoms with E-state index in [-0.39, 0.29) is 23.7 Å². The lowest BCUT2D eigenvalue weighted by Crippen LogP contribution is -2.44. The number of aromatic nitrogens is 2. The second kappa shape index (κ2) is 5.64. The molecule has 1 aromatic heterocycles. The molecule has 3 N–H and O–H groups in total. The summed E-state index contributed by atoms with van der Waals surface area (Å²) in [4.78, 5) is 25.7. The number of amides is 2. The van der Waals surface area contributed by atoms with Gasteiger partial charge in [-0.3, -0.25) is 14.7 Å². The van der Waals surface area contributed by atoms with Crippen LogP contribution in [-0.4, -0.2) is 40.0 Å². The third-order valence-corrected chi connectivity index (χ3v) is 3.85. The number of nitrogens with zero attached hydrogens (tertiary/aromatic N) is 2. The molecule has 1 aliphatic rings. The van der Waals surface area contributed by atoms with Gasteiger partial charge in [-0.1, -0.05) is 13.8 Å². The van der Waals surface area contributed by atoms with Crippen LogP contribution in [-0.2, 0) is 4.79 Å². The van der Waals surface area contributed by atoms with Gasteiger partial charge >= 0.3 is 0 Å². The fraction of sp³-hybridized carbons (Fsp3) is 0.643. The number of rotatable bonds is 3. The zero-order chi connectivity index (χ0) is 14.9. The second-order valence-corrected chi connectivity index (χ2v) is 5.76. The number of hydrogen-bond donors (Lipinski definition) is 2. The number of carbonyl (C=O) groups excluding carboxylic acids is 2. The normalized spacial score (nSPS) is 19.4. The third kappa shape index (κ3) is 2.69. The van der Waals surface area contributed by atoms with Gasteiger partial charge in [-0.2, -0.15) is 5.10 Å². The van der Waals surface area contributed by atoms with Crippen LogP contribution >= 0.6 is 0 Å². The maximum absolute atomic E-state index is 12.7. The van der Waals surface area contributed by atoms with E-state index < -0.39 is 0 Å². The Hall–Kier alpha value is -1.85. The summed E-state index contributed by atoms with van der Waals surface area (Å²) in [5.41, 5.74) is 7.57. The van der Waals surface area contributed by atoms with Gasteiger partial charge in [0.25, 0.3) is 5.91 Å². The summed E-state index contributed by atoms with van der Waals surface area (Å²) in [5, 5.41) is 7.10. The lowest BCUT2D eigenvalue weighted by Gasteiger charge is -2.31. The van der Waals surface area contributed by atoms with E-state index >= 15 is 0 Å². The lowest BCUT2D eigenvalue weighted by molar-refractivity contribution is -0.123. The van der Waals surface area contributed by atoms with Gasteiger partial charge in [0.1, 0.15) is 0 Å². The zero-order valence-corrected chi connectivity index (χ0v) is 12.3. The monoisotopic (exact) mass is 278 g/mol. The highest BCUT2D eigenvalue weighted by atomic mass is 16.2. The smallest absolute Gasteiger partial charge is 0.257 e. The summed E-state index contributed by atoms with van der Waals surface area (Å²) in [6.07, 6.45) is 1.58. The highest BCUT2D eigenvalue weighted by Gasteiger charge is 2.30. The van der Waals surface area contributed by atoms with Crippen LogP contribution in [0.4, 0.5) is 0 Å². The molecule has 1 atom stereocenters. The highest BCUT2D eigenvalue weighted by molar-refractivity contribution is 5.97. The van der Waals surface area contributed by atoms with E-state index in [2.05, 4.69) is 10.2 Å². The number of primary amides is 1. The van der Waals surface area contributed by atoms with Crippen molar-refractivity contribution >= 4 is 11.8 Å². The molecule has 0 bridgehead atoms. The molecule has 1 unspecified atom stereocenters. The van der Waals surface area contributed by atoms with Crippen LogP contribution in [0, 0.1) is 12.8 Å². The first-order valence-electron chi connectivity index (χ1n) is 7.05. The largest absolute Gasteiger partial charge is 0.369 e. The number of H-pyrrole nitrogens is 1. The maximum Gasteiger partial charge on any atom is 0.257 e. The fourth-order valence-electron chi connectivity index (χ4n) is 2.69. The molecule has 2 heterocycles. The average molecular weight is 278 g/mol. The molecule has 0 aromatic carbocycles. The number of carbonyl (C=O) groups is 2. The lowest BCUT2D eigenvalue weighted by atomic mass is 9.96. The van der Waals surface area contributed by atoms with E-state index in [1.807, 2.05) is 20.8 Å². The summed E-state index contributed by atoms with van der Waals surface area (Å²) in [5.74, 6) is -0.431. The standard InChI is InChI=1S/C14H22N4O2/c1-8(2)12-11(9(3)16-17-12)14(20)18-6-4-5-10(7-18)13(15)19/h8,10H,4-7H2,1-3H3,(H2,15,19)(H,16,17). The van der Waals surface area contributed by atoms with Crippen molar-refractivity contribution in [2.75, 3.05) is 13.1 Å². The zero-order valence-electron chi connectivity index (χ0n) is 12.3. The second-order valence-electron chi connectivity index (χ2n) is 5.76. The highest BCUT2D eigenvalue weighted by Crippen LogP contribution is 2.24. The van der Waals surface area contributed by atoms with E-state index in [9.17, 15) is 9.59 Å². The Kier molecular flexibility index (Phi) is 4.11. The first kappa shape index (κ1) is 14.6. The van der Waals surface area contributed by atoms with Gasteiger partial charge in [0.05, 0.1) is 17.2 Å². The Morgan fingerprint density at radius 3 is 2.75 bits per heavy atom. The van der Waals surface area contributed by atoms with E-state index in [0.717, 1.165) is 24.2 Å². The third-order valence-electron chi connectivity index (χ3n) is 3.85. The van der Waals surface area contributed by atoms with Crippen LogP contribution in [0.25, 0.3) is 0 Å². The number of aryl methyl sites for hydroxylation is 1. The van der Waals surface area contributed by atoms with Gasteiger partial charge in [-0.15, -0.1) is 0 Å². The predicted molar refractivity (Wildman–Crippen MR) is 75.2 cm³/mol. The molecule has 0 aliphatic carbocycles. The Morgan fingerprint density at radius 1 is 1.45 bits per heavy atom. The van der Waals surface area contributed by atoms with Gasteiger partial charge in [0, 0.05) is 18.8 Å². The van der Waals surface area contributed by atoms with Crippen molar-refractivity contribution < 1.29 is 9.59 Å². The van der Waals surface area contributed by atoms with Gasteiger partial charge in [0.2, 0.25) is 5.91 Å². The van der Waals surface area contributed by atoms with Gasteiger partial charge in [0.15, 0.2) is 0 Å². The molecule has 0 spiro atoms. The molecular formula is C14H22N4O2. The minimum absolute atomic E-state index is 0.0501. The topological polar surface area (TPSA) is 92.1 Å². The van der Waals surface area contributed by atoms with E-state index in [1.165, 1.54) is 0 Å². The predicted octanol–water partition coefficient (Wildman–Crippen LogP) is 1.18. The molecule has 2 amide bonds. The van der Waals surface area contributed by atoms with Crippen LogP contribution in [0.1, 0.15) is 54.4 Å². The summed E-state index contributed by atoms with van der Waals surface area (Å²) in [6.45, 7) is 6.95. The van der Waals surface area contributed by atoms with Crippen molar-refractivity contribution in [1.29, 1.82) is 0 Å². The van der Waals surface area contributed by atoms with Gasteiger partial charge in [-0.05, 0) is 25.7 Å². The summed E-state index contributed by atoms with van der Waals surface area (Å²) in [6, 6.07) is 0. The first-order valence-corrected chi connectivity index (χ1v) is 7.05. The van der Waals surface area contributed by atoms with Crippen molar-refractivity contribution in [3.05, 3.63) is 17.0 Å². The molecule has 1 fully saturated rings. The van der Waals surface area contributed by atoms with E-state index in [0.29, 0.717) is 18.7 Å². The van der Waals surface area contributed by atoms with Crippen molar-refractivity contribution in [3.63, 3.8) is 0 Å². The minimum atomic E-state index is -0.324. The molecule has 1 aromatic rings. The molecule has 1 aliphatic heterocycles. The Labute approximate surface area is 118 Å². The maximum atomic E-state index is 12.7. The van der Waals surface area contributed by atoms with Crippen LogP contribution in [0.2, 0.25) is 0 Å². The van der Waals surface area contributed by atoms with Crippen molar-refractivity contribution in [2.45, 2.75) is 39.5 Å². The first-order chi connectivity index (χ1) is 9.41. The van der Waals surface area contributed by atoms with Crippen LogP contribution < -0.4 is 5.73 Å². The van der Waals surface area contributed by atoms with E-state index in [1.54, 1.807) is 4.90 Å². The summed E-state index contributed by atoms with van der Waals surface area (Å²) < 4.78 is 0. The van der Waals surface area contributed by atoms with Crippen molar-refractivity contribution in [3.8, 4) is 0 Å². The van der Waals surface area contributed by atoms with Gasteiger partial charge < -0.3 is 10.6 Å². The minimum Gasteiger partial charge on any atom is -0.369 e. The number of piperidine rings is 1. The summed E-state index contributed by atoms with van der Waals surface area (Å²) >= 11 is 0. The van der Waals surface area contributed by atoms with Gasteiger partial charge in [-0.25, -0.2) is 0 Å². The van der Waals surface area contributed by atoms with Crippen LogP contribution in [0.5, 0.6) is 0 Å². The SMILES string of the molecule is Cc1[nH]nc(C(C)C)c1C(=O)N1CCCC(C(N)=O)C1. The van der Waals surface area contributed by atoms with Crippen LogP contribution in [0.3, 0.4) is 0 Å². The Balaban J connectivity index is 2.23. The molecule has 6 nitrogen and oxygen atoms in total. The molecule has 0 radical (unpaired) electrons. The summed E-state index contributed by atoms with van der Waals surface area (Å²) in [7, 11) is 0. The number of nitrogens with one attached hydrogen (secondary N) is 1. The number of likely N-dealkylation sites (tertiary alicyclic amines) is 1. The quantitative estimate of drug-likeness (QED) is 0.869. The molecule has 0 saturated carbocycles. The molecule has 2 rings (SSSR count). The molecule has 20 heavy (non-hydrogen) atoms. The molecule has 6 heteroatoms. The Morgan fingerprint density at radius 2 is 2.15 bits per heavy atom. The van der Waals surface area contributed by atoms with Crippen molar-refractivity contribution in [2.24, 2.45) is 11.7 Å². The van der Waals surface area contributed by atoms with Crippen LogP contribution in [0.15, 0.2) is 0 Å². The fourth-order valence-corrected chi connectivity index (χ4v) is 2.69. The molecule has 1 saturated heterocycles. The molecule has 110 valence electrons. The number of nitrogens with two attached hydrogens (primary N) is 1. The van der Waals surface area contributed by atoms with Crippen molar-refractivity contribution in [1.82, 2.24) is 15.1 Å².